The summed E-state index contributed by atoms with van der Waals surface area (Å²) in [5, 5.41) is 15.6. The normalized spacial score (nSPS) is 11.8. The van der Waals surface area contributed by atoms with Crippen LogP contribution in [0.4, 0.5) is 4.39 Å². The summed E-state index contributed by atoms with van der Waals surface area (Å²) in [4.78, 5) is 23.2. The summed E-state index contributed by atoms with van der Waals surface area (Å²) in [6.45, 7) is 3.44. The van der Waals surface area contributed by atoms with Gasteiger partial charge in [0.1, 0.15) is 17.3 Å². The Morgan fingerprint density at radius 1 is 1.35 bits per heavy atom. The first-order chi connectivity index (χ1) is 12.4. The topological polar surface area (TPSA) is 102 Å². The SMILES string of the molecule is Cc1noc(C)c1CSCC(=O)NCC(Oc1ccc(F)cc1)C(=O)O. The van der Waals surface area contributed by atoms with Crippen molar-refractivity contribution in [2.45, 2.75) is 25.7 Å². The molecule has 2 rings (SSSR count). The van der Waals surface area contributed by atoms with E-state index in [1.54, 1.807) is 6.92 Å². The van der Waals surface area contributed by atoms with Gasteiger partial charge in [0.05, 0.1) is 18.0 Å². The highest BCUT2D eigenvalue weighted by Gasteiger charge is 2.20. The van der Waals surface area contributed by atoms with Gasteiger partial charge in [0.15, 0.2) is 0 Å². The van der Waals surface area contributed by atoms with E-state index >= 15 is 0 Å². The number of aliphatic carboxylic acids is 1. The molecule has 0 saturated heterocycles. The van der Waals surface area contributed by atoms with E-state index in [2.05, 4.69) is 10.5 Å². The number of nitrogens with one attached hydrogen (secondary N) is 1. The number of aromatic nitrogens is 1. The van der Waals surface area contributed by atoms with Gasteiger partial charge in [-0.05, 0) is 38.1 Å². The monoisotopic (exact) mass is 382 g/mol. The first-order valence-electron chi connectivity index (χ1n) is 7.78. The third-order valence-corrected chi connectivity index (χ3v) is 4.47. The molecule has 0 saturated carbocycles. The highest BCUT2D eigenvalue weighted by Crippen LogP contribution is 2.19. The summed E-state index contributed by atoms with van der Waals surface area (Å²) in [7, 11) is 0. The fourth-order valence-corrected chi connectivity index (χ4v) is 3.07. The lowest BCUT2D eigenvalue weighted by molar-refractivity contribution is -0.145. The molecule has 7 nitrogen and oxygen atoms in total. The molecule has 2 N–H and O–H groups in total. The number of thioether (sulfide) groups is 1. The molecule has 26 heavy (non-hydrogen) atoms. The fraction of sp³-hybridized carbons (Fsp3) is 0.353. The average molecular weight is 382 g/mol. The third-order valence-electron chi connectivity index (χ3n) is 3.51. The van der Waals surface area contributed by atoms with Crippen LogP contribution in [0.1, 0.15) is 17.0 Å². The van der Waals surface area contributed by atoms with Gasteiger partial charge in [0.2, 0.25) is 12.0 Å². The number of ether oxygens (including phenoxy) is 1. The molecule has 1 unspecified atom stereocenters. The minimum absolute atomic E-state index is 0.160. The minimum Gasteiger partial charge on any atom is -0.478 e. The molecule has 0 aliphatic rings. The summed E-state index contributed by atoms with van der Waals surface area (Å²) in [6, 6.07) is 4.98. The van der Waals surface area contributed by atoms with E-state index < -0.39 is 17.9 Å². The minimum atomic E-state index is -1.27. The van der Waals surface area contributed by atoms with Crippen molar-refractivity contribution in [1.29, 1.82) is 0 Å². The predicted octanol–water partition coefficient (Wildman–Crippen LogP) is 2.31. The van der Waals surface area contributed by atoms with E-state index in [4.69, 9.17) is 9.26 Å². The first-order valence-corrected chi connectivity index (χ1v) is 8.93. The maximum Gasteiger partial charge on any atom is 0.346 e. The zero-order valence-electron chi connectivity index (χ0n) is 14.3. The Labute approximate surface area is 153 Å². The smallest absolute Gasteiger partial charge is 0.346 e. The third kappa shape index (κ3) is 5.76. The van der Waals surface area contributed by atoms with Crippen molar-refractivity contribution in [2.75, 3.05) is 12.3 Å². The van der Waals surface area contributed by atoms with E-state index in [1.165, 1.54) is 23.9 Å². The van der Waals surface area contributed by atoms with Gasteiger partial charge in [-0.1, -0.05) is 5.16 Å². The fourth-order valence-electron chi connectivity index (χ4n) is 2.07. The van der Waals surface area contributed by atoms with E-state index in [0.717, 1.165) is 23.4 Å². The van der Waals surface area contributed by atoms with Crippen molar-refractivity contribution in [3.05, 3.63) is 47.1 Å². The summed E-state index contributed by atoms with van der Waals surface area (Å²) in [6.07, 6.45) is -1.27. The highest BCUT2D eigenvalue weighted by atomic mass is 32.2. The average Bonchev–Trinajstić information content (AvgIpc) is 2.92. The highest BCUT2D eigenvalue weighted by molar-refractivity contribution is 7.99. The molecule has 1 atom stereocenters. The van der Waals surface area contributed by atoms with Gasteiger partial charge in [-0.3, -0.25) is 4.79 Å². The molecular weight excluding hydrogens is 363 g/mol. The Hall–Kier alpha value is -2.55. The molecule has 9 heteroatoms. The van der Waals surface area contributed by atoms with Crippen LogP contribution in [0, 0.1) is 19.7 Å². The first kappa shape index (κ1) is 19.8. The second kappa shape index (κ2) is 9.23. The van der Waals surface area contributed by atoms with Gasteiger partial charge >= 0.3 is 5.97 Å². The van der Waals surface area contributed by atoms with Crippen LogP contribution in [0.25, 0.3) is 0 Å². The van der Waals surface area contributed by atoms with Crippen molar-refractivity contribution in [3.8, 4) is 5.75 Å². The number of carboxylic acid groups (broad SMARTS) is 1. The summed E-state index contributed by atoms with van der Waals surface area (Å²) >= 11 is 1.37. The zero-order chi connectivity index (χ0) is 19.1. The lowest BCUT2D eigenvalue weighted by Gasteiger charge is -2.15. The van der Waals surface area contributed by atoms with Crippen molar-refractivity contribution in [1.82, 2.24) is 10.5 Å². The van der Waals surface area contributed by atoms with Crippen LogP contribution < -0.4 is 10.1 Å². The molecule has 1 aromatic heterocycles. The Morgan fingerprint density at radius 3 is 2.62 bits per heavy atom. The molecule has 0 bridgehead atoms. The van der Waals surface area contributed by atoms with E-state index in [0.29, 0.717) is 11.5 Å². The number of carbonyl (C=O) groups excluding carboxylic acids is 1. The predicted molar refractivity (Wildman–Crippen MR) is 93.6 cm³/mol. The zero-order valence-corrected chi connectivity index (χ0v) is 15.1. The van der Waals surface area contributed by atoms with Crippen LogP contribution in [0.3, 0.4) is 0 Å². The van der Waals surface area contributed by atoms with E-state index in [1.807, 2.05) is 6.92 Å². The Balaban J connectivity index is 1.78. The molecule has 1 heterocycles. The number of rotatable bonds is 9. The Bertz CT molecular complexity index is 744. The molecule has 0 aliphatic carbocycles. The van der Waals surface area contributed by atoms with Crippen LogP contribution in [0.5, 0.6) is 5.75 Å². The van der Waals surface area contributed by atoms with Gasteiger partial charge in [0.25, 0.3) is 0 Å². The second-order valence-corrected chi connectivity index (χ2v) is 6.48. The molecular formula is C17H19FN2O5S. The summed E-state index contributed by atoms with van der Waals surface area (Å²) < 4.78 is 23.2. The number of hydrogen-bond donors (Lipinski definition) is 2. The van der Waals surface area contributed by atoms with Crippen LogP contribution in [0.15, 0.2) is 28.8 Å². The van der Waals surface area contributed by atoms with E-state index in [-0.39, 0.29) is 24.0 Å². The number of carbonyl (C=O) groups is 2. The van der Waals surface area contributed by atoms with Gasteiger partial charge in [-0.15, -0.1) is 11.8 Å². The van der Waals surface area contributed by atoms with Gasteiger partial charge < -0.3 is 19.7 Å². The number of amides is 1. The van der Waals surface area contributed by atoms with Crippen LogP contribution in [0.2, 0.25) is 0 Å². The molecule has 0 spiro atoms. The lowest BCUT2D eigenvalue weighted by atomic mass is 10.2. The number of nitrogens with zero attached hydrogens (tertiary/aromatic N) is 1. The molecule has 0 aliphatic heterocycles. The van der Waals surface area contributed by atoms with Crippen LogP contribution in [-0.4, -0.2) is 40.5 Å². The van der Waals surface area contributed by atoms with E-state index in [9.17, 15) is 19.1 Å². The van der Waals surface area contributed by atoms with Crippen molar-refractivity contribution < 1.29 is 28.3 Å². The van der Waals surface area contributed by atoms with Crippen molar-refractivity contribution in [2.24, 2.45) is 0 Å². The lowest BCUT2D eigenvalue weighted by Crippen LogP contribution is -2.41. The quantitative estimate of drug-likeness (QED) is 0.686. The summed E-state index contributed by atoms with van der Waals surface area (Å²) in [5.41, 5.74) is 1.74. The molecule has 1 aromatic carbocycles. The number of halogens is 1. The molecule has 1 amide bonds. The van der Waals surface area contributed by atoms with Crippen molar-refractivity contribution >= 4 is 23.6 Å². The maximum atomic E-state index is 12.9. The van der Waals surface area contributed by atoms with Crippen LogP contribution >= 0.6 is 11.8 Å². The number of aryl methyl sites for hydroxylation is 2. The molecule has 0 radical (unpaired) electrons. The van der Waals surface area contributed by atoms with Gasteiger partial charge in [0, 0.05) is 11.3 Å². The number of benzene rings is 1. The Kier molecular flexibility index (Phi) is 7.02. The number of carboxylic acids is 1. The standard InChI is InChI=1S/C17H19FN2O5S/c1-10-14(11(2)25-20-10)8-26-9-16(21)19-7-15(17(22)23)24-13-5-3-12(18)4-6-13/h3-6,15H,7-9H2,1-2H3,(H,19,21)(H,22,23). The maximum absolute atomic E-state index is 12.9. The van der Waals surface area contributed by atoms with Gasteiger partial charge in [-0.2, -0.15) is 0 Å². The van der Waals surface area contributed by atoms with Crippen LogP contribution in [-0.2, 0) is 15.3 Å². The Morgan fingerprint density at radius 2 is 2.04 bits per heavy atom. The molecule has 140 valence electrons. The van der Waals surface area contributed by atoms with Gasteiger partial charge in [-0.25, -0.2) is 9.18 Å². The number of hydrogen-bond acceptors (Lipinski definition) is 6. The summed E-state index contributed by atoms with van der Waals surface area (Å²) in [5.74, 6) is -0.327. The second-order valence-electron chi connectivity index (χ2n) is 5.50. The largest absolute Gasteiger partial charge is 0.478 e. The molecule has 0 fully saturated rings. The van der Waals surface area contributed by atoms with Crippen molar-refractivity contribution in [3.63, 3.8) is 0 Å². The molecule has 2 aromatic rings.